The molecule has 0 amide bonds. The first-order chi connectivity index (χ1) is 13.7. The van der Waals surface area contributed by atoms with Crippen LogP contribution in [0, 0.1) is 0 Å². The van der Waals surface area contributed by atoms with E-state index in [-0.39, 0.29) is 31.5 Å². The molecule has 0 atom stereocenters. The summed E-state index contributed by atoms with van der Waals surface area (Å²) in [5.74, 6) is 0. The van der Waals surface area contributed by atoms with Crippen molar-refractivity contribution in [2.75, 3.05) is 0 Å². The molecule has 0 heterocycles. The zero-order chi connectivity index (χ0) is 19.9. The summed E-state index contributed by atoms with van der Waals surface area (Å²) in [7, 11) is 0. The van der Waals surface area contributed by atoms with Gasteiger partial charge in [-0.15, -0.1) is 0 Å². The van der Waals surface area contributed by atoms with Gasteiger partial charge in [-0.2, -0.15) is 0 Å². The topological polar surface area (TPSA) is 0 Å². The average Bonchev–Trinajstić information content (AvgIpc) is 3.31. The van der Waals surface area contributed by atoms with Gasteiger partial charge < -0.3 is 24.8 Å². The van der Waals surface area contributed by atoms with Gasteiger partial charge in [-0.05, 0) is 0 Å². The van der Waals surface area contributed by atoms with E-state index in [2.05, 4.69) is 81.9 Å². The van der Waals surface area contributed by atoms with Gasteiger partial charge in [0.15, 0.2) is 0 Å². The third-order valence-corrected chi connectivity index (χ3v) is 22.3. The van der Waals surface area contributed by atoms with Crippen LogP contribution in [-0.4, -0.2) is 6.65 Å². The molecule has 0 nitrogen and oxygen atoms in total. The van der Waals surface area contributed by atoms with E-state index in [1.807, 2.05) is 3.28 Å². The van der Waals surface area contributed by atoms with Crippen molar-refractivity contribution in [3.8, 4) is 11.1 Å². The van der Waals surface area contributed by atoms with Crippen molar-refractivity contribution < 1.29 is 45.7 Å². The van der Waals surface area contributed by atoms with Crippen molar-refractivity contribution in [3.63, 3.8) is 0 Å². The van der Waals surface area contributed by atoms with Crippen LogP contribution in [0.25, 0.3) is 11.1 Å². The Morgan fingerprint density at radius 2 is 1.57 bits per heavy atom. The third kappa shape index (κ3) is 6.55. The van der Waals surface area contributed by atoms with Gasteiger partial charge in [-0.25, -0.2) is 0 Å². The Morgan fingerprint density at radius 1 is 0.900 bits per heavy atom. The van der Waals surface area contributed by atoms with Crippen LogP contribution in [-0.2, 0) is 27.3 Å². The molecule has 2 aliphatic carbocycles. The van der Waals surface area contributed by atoms with Gasteiger partial charge >= 0.3 is 143 Å². The molecular weight excluding hydrogens is 503 g/mol. The summed E-state index contributed by atoms with van der Waals surface area (Å²) in [5.41, 5.74) is 7.70. The Hall–Kier alpha value is -0.400. The van der Waals surface area contributed by atoms with Crippen LogP contribution < -0.4 is 28.1 Å². The molecule has 2 aromatic rings. The van der Waals surface area contributed by atoms with Crippen LogP contribution in [0.4, 0.5) is 0 Å². The van der Waals surface area contributed by atoms with E-state index in [4.69, 9.17) is 0 Å². The molecule has 0 spiro atoms. The van der Waals surface area contributed by atoms with Crippen molar-refractivity contribution in [3.05, 3.63) is 74.6 Å². The molecular formula is C26H35Cl2SiZr. The normalized spacial score (nSPS) is 13.3. The fourth-order valence-corrected chi connectivity index (χ4v) is 19.7. The monoisotopic (exact) mass is 535 g/mol. The summed E-state index contributed by atoms with van der Waals surface area (Å²) in [6.45, 7) is 9.34. The second kappa shape index (κ2) is 13.9. The maximum absolute atomic E-state index is 2.55. The molecule has 0 bridgehead atoms. The predicted molar refractivity (Wildman–Crippen MR) is 125 cm³/mol. The van der Waals surface area contributed by atoms with Gasteiger partial charge in [0.2, 0.25) is 0 Å². The molecule has 30 heavy (non-hydrogen) atoms. The quantitative estimate of drug-likeness (QED) is 0.317. The number of unbranched alkanes of at least 4 members (excludes halogenated alkanes) is 3. The molecule has 0 N–H and O–H groups in total. The molecule has 0 unspecified atom stereocenters. The van der Waals surface area contributed by atoms with Gasteiger partial charge in [-0.1, -0.05) is 39.5 Å². The van der Waals surface area contributed by atoms with Gasteiger partial charge in [0.1, 0.15) is 0 Å². The number of rotatable bonds is 6. The summed E-state index contributed by atoms with van der Waals surface area (Å²) < 4.78 is 3.65. The molecule has 0 saturated carbocycles. The zero-order valence-electron chi connectivity index (χ0n) is 18.9. The van der Waals surface area contributed by atoms with Gasteiger partial charge in [0.25, 0.3) is 0 Å². The molecule has 0 saturated heterocycles. The number of allylic oxidation sites excluding steroid dienone is 4. The molecule has 161 valence electrons. The number of hydrogen-bond acceptors (Lipinski definition) is 0. The van der Waals surface area contributed by atoms with E-state index in [1.165, 1.54) is 60.8 Å². The van der Waals surface area contributed by atoms with E-state index in [1.54, 1.807) is 8.83 Å². The number of benzene rings is 2. The second-order valence-corrected chi connectivity index (χ2v) is 23.4. The summed E-state index contributed by atoms with van der Waals surface area (Å²) in [5, 5.41) is 0. The molecule has 2 aromatic carbocycles. The molecule has 0 aliphatic heterocycles. The predicted octanol–water partition coefficient (Wildman–Crippen LogP) is 0.462. The Bertz CT molecular complexity index is 869. The van der Waals surface area contributed by atoms with Crippen molar-refractivity contribution in [2.45, 2.75) is 65.8 Å². The van der Waals surface area contributed by atoms with E-state index in [0.29, 0.717) is 0 Å². The minimum Gasteiger partial charge on any atom is -1.00 e. The first-order valence-electron chi connectivity index (χ1n) is 11.1. The van der Waals surface area contributed by atoms with Crippen molar-refractivity contribution in [2.24, 2.45) is 0 Å². The smallest absolute Gasteiger partial charge is 1.00 e. The van der Waals surface area contributed by atoms with Gasteiger partial charge in [0, 0.05) is 0 Å². The maximum Gasteiger partial charge on any atom is -1.00 e. The van der Waals surface area contributed by atoms with Crippen LogP contribution in [0.3, 0.4) is 0 Å². The molecule has 0 aromatic heterocycles. The van der Waals surface area contributed by atoms with Crippen LogP contribution >= 0.6 is 0 Å². The fourth-order valence-electron chi connectivity index (χ4n) is 4.40. The van der Waals surface area contributed by atoms with E-state index >= 15 is 0 Å². The molecule has 4 heteroatoms. The Kier molecular flexibility index (Phi) is 12.8. The third-order valence-electron chi connectivity index (χ3n) is 5.92. The minimum absolute atomic E-state index is 0. The van der Waals surface area contributed by atoms with E-state index in [9.17, 15) is 0 Å². The summed E-state index contributed by atoms with van der Waals surface area (Å²) >= 11 is -1.55. The number of halogens is 2. The van der Waals surface area contributed by atoms with Crippen LogP contribution in [0.1, 0.15) is 64.0 Å². The Balaban J connectivity index is 0.000000500. The first kappa shape index (κ1) is 27.6. The average molecular weight is 538 g/mol. The van der Waals surface area contributed by atoms with Crippen LogP contribution in [0.5, 0.6) is 0 Å². The number of hydrogen-bond donors (Lipinski definition) is 0. The summed E-state index contributed by atoms with van der Waals surface area (Å²) in [6, 6.07) is 16.1. The van der Waals surface area contributed by atoms with Crippen molar-refractivity contribution in [1.82, 2.24) is 0 Å². The Morgan fingerprint density at radius 3 is 2.17 bits per heavy atom. The summed E-state index contributed by atoms with van der Waals surface area (Å²) in [4.78, 5) is 0. The molecule has 2 aliphatic rings. The van der Waals surface area contributed by atoms with Crippen molar-refractivity contribution in [1.29, 1.82) is 0 Å². The first-order valence-corrected chi connectivity index (χ1v) is 20.9. The summed E-state index contributed by atoms with van der Waals surface area (Å²) in [6.07, 6.45) is 12.9. The van der Waals surface area contributed by atoms with Crippen molar-refractivity contribution >= 4 is 9.92 Å². The fraction of sp³-hybridized carbons (Fsp3) is 0.385. The minimum atomic E-state index is -1.55. The molecule has 4 rings (SSSR count). The number of fused-ring (bicyclic) bond motifs is 3. The SMILES string of the molecule is CCCCCC.C[SiH2][Zr+2]([C]1=CC(C)=CC1)[c]1cccc2c1Cc1ccccc1-2.[Cl-].[Cl-]. The second-order valence-electron chi connectivity index (χ2n) is 8.03. The molecule has 0 radical (unpaired) electrons. The van der Waals surface area contributed by atoms with Gasteiger partial charge in [-0.3, -0.25) is 0 Å². The Labute approximate surface area is 205 Å². The largest absolute Gasteiger partial charge is 1.00 e. The van der Waals surface area contributed by atoms with Crippen LogP contribution in [0.2, 0.25) is 6.55 Å². The van der Waals surface area contributed by atoms with E-state index in [0.717, 1.165) is 0 Å². The zero-order valence-corrected chi connectivity index (χ0v) is 24.3. The van der Waals surface area contributed by atoms with Gasteiger partial charge in [0.05, 0.1) is 0 Å². The van der Waals surface area contributed by atoms with E-state index < -0.39 is 20.9 Å². The standard InChI is InChI=1S/C13H9.C6H7.C6H14.CH5Si.2ClH.Zr/c1-3-7-12-10(5-1)9-11-6-2-4-8-13(11)12;1-6-4-2-3-5-6;1-3-5-6-4-2;1-2;;;/h1-5,7-8H,9H2;4-5H,2H2,1H3;3-6H2,1-2H3;2H2,1H3;2*1H;/q;;;;;;+2/p-2. The van der Waals surface area contributed by atoms with Crippen LogP contribution in [0.15, 0.2) is 63.5 Å². The molecule has 0 fully saturated rings. The maximum atomic E-state index is 2.55.